The van der Waals surface area contributed by atoms with E-state index in [-0.39, 0.29) is 6.10 Å². The fourth-order valence-corrected chi connectivity index (χ4v) is 0.961. The van der Waals surface area contributed by atoms with Crippen LogP contribution >= 0.6 is 0 Å². The van der Waals surface area contributed by atoms with E-state index in [2.05, 4.69) is 0 Å². The summed E-state index contributed by atoms with van der Waals surface area (Å²) in [5.41, 5.74) is 0. The fraction of sp³-hybridized carbons (Fsp3) is 0.333. The first-order valence-corrected chi connectivity index (χ1v) is 3.96. The van der Waals surface area contributed by atoms with Crippen LogP contribution in [0.25, 0.3) is 0 Å². The molecule has 1 rings (SSSR count). The molecule has 0 bridgehead atoms. The zero-order valence-electron chi connectivity index (χ0n) is 6.97. The van der Waals surface area contributed by atoms with Crippen LogP contribution in [-0.2, 0) is 14.3 Å². The zero-order valence-corrected chi connectivity index (χ0v) is 6.97. The molecule has 0 fully saturated rings. The molecule has 4 nitrogen and oxygen atoms in total. The molecule has 13 heavy (non-hydrogen) atoms. The lowest BCUT2D eigenvalue weighted by atomic mass is 10.1. The highest BCUT2D eigenvalue weighted by molar-refractivity contribution is 6.37. The number of rotatable bonds is 3. The van der Waals surface area contributed by atoms with Crippen LogP contribution in [-0.4, -0.2) is 23.0 Å². The SMILES string of the molecule is O=C(O)C(=O)/C=C/C1CCC=CO1. The molecule has 4 heteroatoms. The lowest BCUT2D eigenvalue weighted by molar-refractivity contribution is -0.146. The van der Waals surface area contributed by atoms with Crippen LogP contribution in [0.2, 0.25) is 0 Å². The Labute approximate surface area is 75.5 Å². The molecule has 1 heterocycles. The van der Waals surface area contributed by atoms with Crippen molar-refractivity contribution in [3.8, 4) is 0 Å². The van der Waals surface area contributed by atoms with Crippen LogP contribution < -0.4 is 0 Å². The molecule has 1 aliphatic heterocycles. The Morgan fingerprint density at radius 3 is 2.85 bits per heavy atom. The second-order valence-corrected chi connectivity index (χ2v) is 2.65. The van der Waals surface area contributed by atoms with Crippen molar-refractivity contribution >= 4 is 11.8 Å². The molecule has 0 amide bonds. The minimum absolute atomic E-state index is 0.173. The number of carbonyl (C=O) groups is 2. The first kappa shape index (κ1) is 9.51. The number of carbonyl (C=O) groups excluding carboxylic acids is 1. The van der Waals surface area contributed by atoms with Gasteiger partial charge in [0.25, 0.3) is 5.78 Å². The topological polar surface area (TPSA) is 63.6 Å². The standard InChI is InChI=1S/C9H10O4/c10-8(9(11)12)5-4-7-3-1-2-6-13-7/h2,4-7H,1,3H2,(H,11,12)/b5-4+. The average molecular weight is 182 g/mol. The number of carboxylic acids is 1. The highest BCUT2D eigenvalue weighted by Gasteiger charge is 2.10. The molecule has 0 radical (unpaired) electrons. The second-order valence-electron chi connectivity index (χ2n) is 2.65. The third kappa shape index (κ3) is 3.11. The van der Waals surface area contributed by atoms with Crippen molar-refractivity contribution in [2.75, 3.05) is 0 Å². The average Bonchev–Trinajstić information content (AvgIpc) is 2.15. The van der Waals surface area contributed by atoms with Gasteiger partial charge in [0.2, 0.25) is 0 Å². The van der Waals surface area contributed by atoms with Crippen molar-refractivity contribution in [1.29, 1.82) is 0 Å². The molecule has 0 aromatic carbocycles. The Kier molecular flexibility index (Phi) is 3.25. The monoisotopic (exact) mass is 182 g/mol. The molecule has 0 aliphatic carbocycles. The number of ether oxygens (including phenoxy) is 1. The van der Waals surface area contributed by atoms with Gasteiger partial charge in [-0.2, -0.15) is 0 Å². The normalized spacial score (nSPS) is 21.4. The fourth-order valence-electron chi connectivity index (χ4n) is 0.961. The minimum atomic E-state index is -1.44. The summed E-state index contributed by atoms with van der Waals surface area (Å²) in [6.45, 7) is 0. The van der Waals surface area contributed by atoms with Gasteiger partial charge in [0, 0.05) is 0 Å². The summed E-state index contributed by atoms with van der Waals surface area (Å²) >= 11 is 0. The largest absolute Gasteiger partial charge is 0.494 e. The maximum absolute atomic E-state index is 10.6. The molecule has 1 atom stereocenters. The summed E-state index contributed by atoms with van der Waals surface area (Å²) in [4.78, 5) is 20.7. The van der Waals surface area contributed by atoms with E-state index in [9.17, 15) is 9.59 Å². The molecule has 0 saturated carbocycles. The predicted octanol–water partition coefficient (Wildman–Crippen LogP) is 0.889. The van der Waals surface area contributed by atoms with E-state index in [1.165, 1.54) is 6.08 Å². The molecule has 1 aliphatic rings. The smallest absolute Gasteiger partial charge is 0.376 e. The molecule has 0 aromatic heterocycles. The van der Waals surface area contributed by atoms with Crippen molar-refractivity contribution in [3.05, 3.63) is 24.5 Å². The molecule has 1 N–H and O–H groups in total. The van der Waals surface area contributed by atoms with E-state index in [1.807, 2.05) is 6.08 Å². The lowest BCUT2D eigenvalue weighted by Gasteiger charge is -2.14. The Hall–Kier alpha value is -1.58. The summed E-state index contributed by atoms with van der Waals surface area (Å²) in [6, 6.07) is 0. The van der Waals surface area contributed by atoms with Gasteiger partial charge >= 0.3 is 5.97 Å². The Bertz CT molecular complexity index is 265. The third-order valence-corrected chi connectivity index (χ3v) is 1.64. The molecular formula is C9H10O4. The maximum atomic E-state index is 10.6. The van der Waals surface area contributed by atoms with Gasteiger partial charge in [-0.3, -0.25) is 4.79 Å². The number of ketones is 1. The summed E-state index contributed by atoms with van der Waals surface area (Å²) in [7, 11) is 0. The van der Waals surface area contributed by atoms with Crippen LogP contribution in [0.4, 0.5) is 0 Å². The summed E-state index contributed by atoms with van der Waals surface area (Å²) in [5.74, 6) is -2.36. The van der Waals surface area contributed by atoms with Gasteiger partial charge in [0.15, 0.2) is 0 Å². The molecule has 0 aromatic rings. The van der Waals surface area contributed by atoms with Gasteiger partial charge in [-0.15, -0.1) is 0 Å². The number of hydrogen-bond acceptors (Lipinski definition) is 3. The predicted molar refractivity (Wildman–Crippen MR) is 45.0 cm³/mol. The Morgan fingerprint density at radius 1 is 1.54 bits per heavy atom. The highest BCUT2D eigenvalue weighted by atomic mass is 16.5. The lowest BCUT2D eigenvalue weighted by Crippen LogP contribution is -2.12. The first-order valence-electron chi connectivity index (χ1n) is 3.96. The third-order valence-electron chi connectivity index (χ3n) is 1.64. The van der Waals surface area contributed by atoms with Gasteiger partial charge in [0.05, 0.1) is 6.26 Å². The summed E-state index contributed by atoms with van der Waals surface area (Å²) in [6.07, 6.45) is 7.43. The number of carboxylic acid groups (broad SMARTS) is 1. The highest BCUT2D eigenvalue weighted by Crippen LogP contribution is 2.10. The number of aliphatic carboxylic acids is 1. The summed E-state index contributed by atoms with van der Waals surface area (Å²) in [5, 5.41) is 8.26. The van der Waals surface area contributed by atoms with Gasteiger partial charge in [-0.1, -0.05) is 0 Å². The van der Waals surface area contributed by atoms with Crippen LogP contribution in [0.5, 0.6) is 0 Å². The van der Waals surface area contributed by atoms with Crippen molar-refractivity contribution in [2.45, 2.75) is 18.9 Å². The molecule has 1 unspecified atom stereocenters. The van der Waals surface area contributed by atoms with Gasteiger partial charge in [-0.05, 0) is 31.1 Å². The minimum Gasteiger partial charge on any atom is -0.494 e. The maximum Gasteiger partial charge on any atom is 0.376 e. The van der Waals surface area contributed by atoms with Crippen LogP contribution in [0.15, 0.2) is 24.5 Å². The van der Waals surface area contributed by atoms with Crippen molar-refractivity contribution in [1.82, 2.24) is 0 Å². The van der Waals surface area contributed by atoms with Crippen molar-refractivity contribution in [2.24, 2.45) is 0 Å². The van der Waals surface area contributed by atoms with Gasteiger partial charge < -0.3 is 9.84 Å². The second kappa shape index (κ2) is 4.45. The van der Waals surface area contributed by atoms with Crippen LogP contribution in [0.1, 0.15) is 12.8 Å². The van der Waals surface area contributed by atoms with Gasteiger partial charge in [-0.25, -0.2) is 4.79 Å². The van der Waals surface area contributed by atoms with Crippen LogP contribution in [0.3, 0.4) is 0 Å². The number of allylic oxidation sites excluding steroid dienone is 1. The number of hydrogen-bond donors (Lipinski definition) is 1. The van der Waals surface area contributed by atoms with Crippen molar-refractivity contribution in [3.63, 3.8) is 0 Å². The van der Waals surface area contributed by atoms with E-state index in [1.54, 1.807) is 6.26 Å². The molecular weight excluding hydrogens is 172 g/mol. The summed E-state index contributed by atoms with van der Waals surface area (Å²) < 4.78 is 5.10. The van der Waals surface area contributed by atoms with E-state index in [0.717, 1.165) is 18.9 Å². The van der Waals surface area contributed by atoms with E-state index in [0.29, 0.717) is 0 Å². The zero-order chi connectivity index (χ0) is 9.68. The Balaban J connectivity index is 2.43. The molecule has 70 valence electrons. The van der Waals surface area contributed by atoms with Gasteiger partial charge in [0.1, 0.15) is 6.10 Å². The van der Waals surface area contributed by atoms with Crippen LogP contribution in [0, 0.1) is 0 Å². The molecule has 0 spiro atoms. The van der Waals surface area contributed by atoms with E-state index >= 15 is 0 Å². The molecule has 0 saturated heterocycles. The first-order chi connectivity index (χ1) is 6.20. The Morgan fingerprint density at radius 2 is 2.31 bits per heavy atom. The van der Waals surface area contributed by atoms with E-state index in [4.69, 9.17) is 9.84 Å². The quantitative estimate of drug-likeness (QED) is 0.520. The van der Waals surface area contributed by atoms with Crippen molar-refractivity contribution < 1.29 is 19.4 Å². The van der Waals surface area contributed by atoms with E-state index < -0.39 is 11.8 Å².